The molecule has 1 aromatic heterocycles. The number of benzene rings is 2. The van der Waals surface area contributed by atoms with E-state index in [1.807, 2.05) is 0 Å². The molecule has 0 aliphatic heterocycles. The van der Waals surface area contributed by atoms with E-state index in [2.05, 4.69) is 20.7 Å². The highest BCUT2D eigenvalue weighted by Gasteiger charge is 2.16. The van der Waals surface area contributed by atoms with Crippen molar-refractivity contribution < 1.29 is 17.6 Å². The van der Waals surface area contributed by atoms with Crippen LogP contribution < -0.4 is 15.1 Å². The number of fused-ring (bicyclic) bond motifs is 1. The molecule has 0 bridgehead atoms. The summed E-state index contributed by atoms with van der Waals surface area (Å²) in [5.74, 6) is 0.445. The summed E-state index contributed by atoms with van der Waals surface area (Å²) < 4.78 is 38.1. The molecule has 1 N–H and O–H groups in total. The third kappa shape index (κ3) is 3.29. The first-order valence-corrected chi connectivity index (χ1v) is 9.07. The molecule has 0 radical (unpaired) electrons. The van der Waals surface area contributed by atoms with E-state index in [1.165, 1.54) is 37.4 Å². The molecule has 8 heteroatoms. The minimum atomic E-state index is -3.77. The lowest BCUT2D eigenvalue weighted by Crippen LogP contribution is -2.13. The Morgan fingerprint density at radius 1 is 1.12 bits per heavy atom. The normalized spacial score (nSPS) is 11.4. The quantitative estimate of drug-likeness (QED) is 0.667. The van der Waals surface area contributed by atoms with Gasteiger partial charge in [0.2, 0.25) is 0 Å². The summed E-state index contributed by atoms with van der Waals surface area (Å²) in [5, 5.41) is 0.584. The van der Waals surface area contributed by atoms with Crippen LogP contribution in [0.4, 0.5) is 5.69 Å². The molecule has 2 aromatic carbocycles. The van der Waals surface area contributed by atoms with Crippen molar-refractivity contribution in [3.8, 4) is 5.75 Å². The van der Waals surface area contributed by atoms with E-state index < -0.39 is 15.6 Å². The summed E-state index contributed by atoms with van der Waals surface area (Å²) in [6.07, 6.45) is 0. The minimum absolute atomic E-state index is 0.0839. The fourth-order valence-electron chi connectivity index (χ4n) is 2.17. The molecule has 24 heavy (non-hydrogen) atoms. The van der Waals surface area contributed by atoms with Crippen LogP contribution in [-0.4, -0.2) is 15.5 Å². The van der Waals surface area contributed by atoms with Crippen molar-refractivity contribution in [3.63, 3.8) is 0 Å². The largest absolute Gasteiger partial charge is 0.497 e. The lowest BCUT2D eigenvalue weighted by molar-refractivity contribution is 0.413. The SMILES string of the molecule is COc1cccc(S(=O)(=O)Nc2ccc3oc(=O)cc(Br)c3c2)c1. The molecular weight excluding hydrogens is 398 g/mol. The Morgan fingerprint density at radius 2 is 1.92 bits per heavy atom. The van der Waals surface area contributed by atoms with Crippen LogP contribution in [0.5, 0.6) is 5.75 Å². The fraction of sp³-hybridized carbons (Fsp3) is 0.0625. The fourth-order valence-corrected chi connectivity index (χ4v) is 3.75. The Bertz CT molecular complexity index is 1080. The molecular formula is C16H12BrNO5S. The van der Waals surface area contributed by atoms with Gasteiger partial charge in [0.25, 0.3) is 10.0 Å². The molecule has 6 nitrogen and oxygen atoms in total. The molecule has 3 aromatic rings. The van der Waals surface area contributed by atoms with Gasteiger partial charge in [-0.25, -0.2) is 13.2 Å². The van der Waals surface area contributed by atoms with Crippen LogP contribution in [0.2, 0.25) is 0 Å². The van der Waals surface area contributed by atoms with Crippen molar-refractivity contribution in [1.29, 1.82) is 0 Å². The van der Waals surface area contributed by atoms with Crippen LogP contribution in [0.1, 0.15) is 0 Å². The van der Waals surface area contributed by atoms with Crippen LogP contribution in [0.25, 0.3) is 11.0 Å². The molecule has 0 unspecified atom stereocenters. The van der Waals surface area contributed by atoms with Gasteiger partial charge in [0.1, 0.15) is 11.3 Å². The average Bonchev–Trinajstić information content (AvgIpc) is 2.55. The Kier molecular flexibility index (Phi) is 4.33. The van der Waals surface area contributed by atoms with Crippen LogP contribution in [0.15, 0.2) is 67.1 Å². The second-order valence-corrected chi connectivity index (χ2v) is 7.45. The topological polar surface area (TPSA) is 85.6 Å². The molecule has 124 valence electrons. The van der Waals surface area contributed by atoms with Crippen molar-refractivity contribution in [1.82, 2.24) is 0 Å². The van der Waals surface area contributed by atoms with Crippen LogP contribution in [-0.2, 0) is 10.0 Å². The molecule has 0 fully saturated rings. The predicted octanol–water partition coefficient (Wildman–Crippen LogP) is 3.36. The molecule has 3 rings (SSSR count). The number of nitrogens with one attached hydrogen (secondary N) is 1. The summed E-state index contributed by atoms with van der Waals surface area (Å²) in [5.41, 5.74) is 0.220. The van der Waals surface area contributed by atoms with Crippen molar-refractivity contribution in [2.45, 2.75) is 4.90 Å². The Balaban J connectivity index is 2.00. The summed E-state index contributed by atoms with van der Waals surface area (Å²) in [6.45, 7) is 0. The van der Waals surface area contributed by atoms with Crippen molar-refractivity contribution in [2.24, 2.45) is 0 Å². The summed E-state index contributed by atoms with van der Waals surface area (Å²) in [6, 6.07) is 12.1. The predicted molar refractivity (Wildman–Crippen MR) is 94.0 cm³/mol. The zero-order chi connectivity index (χ0) is 17.3. The molecule has 0 spiro atoms. The highest BCUT2D eigenvalue weighted by molar-refractivity contribution is 9.10. The maximum atomic E-state index is 12.5. The van der Waals surface area contributed by atoms with Crippen LogP contribution >= 0.6 is 15.9 Å². The first kappa shape index (κ1) is 16.5. The molecule has 1 heterocycles. The monoisotopic (exact) mass is 409 g/mol. The van der Waals surface area contributed by atoms with Gasteiger partial charge < -0.3 is 9.15 Å². The van der Waals surface area contributed by atoms with Gasteiger partial charge in [0, 0.05) is 27.7 Å². The summed E-state index contributed by atoms with van der Waals surface area (Å²) in [7, 11) is -2.31. The molecule has 0 atom stereocenters. The number of rotatable bonds is 4. The van der Waals surface area contributed by atoms with Crippen molar-refractivity contribution in [3.05, 3.63) is 63.4 Å². The van der Waals surface area contributed by atoms with E-state index in [1.54, 1.807) is 18.2 Å². The zero-order valence-corrected chi connectivity index (χ0v) is 14.8. The van der Waals surface area contributed by atoms with E-state index >= 15 is 0 Å². The maximum Gasteiger partial charge on any atom is 0.337 e. The van der Waals surface area contributed by atoms with E-state index in [0.29, 0.717) is 26.9 Å². The number of hydrogen-bond acceptors (Lipinski definition) is 5. The van der Waals surface area contributed by atoms with Gasteiger partial charge in [-0.3, -0.25) is 4.72 Å². The van der Waals surface area contributed by atoms with Gasteiger partial charge >= 0.3 is 5.63 Å². The summed E-state index contributed by atoms with van der Waals surface area (Å²) in [4.78, 5) is 11.4. The van der Waals surface area contributed by atoms with E-state index in [-0.39, 0.29) is 4.90 Å². The highest BCUT2D eigenvalue weighted by atomic mass is 79.9. The molecule has 0 aliphatic rings. The van der Waals surface area contributed by atoms with Gasteiger partial charge in [-0.15, -0.1) is 0 Å². The lowest BCUT2D eigenvalue weighted by atomic mass is 10.2. The Labute approximate surface area is 146 Å². The number of methoxy groups -OCH3 is 1. The Morgan fingerprint density at radius 3 is 2.67 bits per heavy atom. The van der Waals surface area contributed by atoms with Gasteiger partial charge in [-0.1, -0.05) is 6.07 Å². The number of anilines is 1. The third-order valence-electron chi connectivity index (χ3n) is 3.30. The highest BCUT2D eigenvalue weighted by Crippen LogP contribution is 2.27. The third-order valence-corrected chi connectivity index (χ3v) is 5.33. The van der Waals surface area contributed by atoms with Crippen LogP contribution in [0, 0.1) is 0 Å². The average molecular weight is 410 g/mol. The second-order valence-electron chi connectivity index (χ2n) is 4.91. The molecule has 0 saturated carbocycles. The smallest absolute Gasteiger partial charge is 0.337 e. The molecule has 0 aliphatic carbocycles. The van der Waals surface area contributed by atoms with Crippen LogP contribution in [0.3, 0.4) is 0 Å². The van der Waals surface area contributed by atoms with E-state index in [0.717, 1.165) is 0 Å². The first-order valence-electron chi connectivity index (χ1n) is 6.79. The minimum Gasteiger partial charge on any atom is -0.497 e. The second kappa shape index (κ2) is 6.29. The summed E-state index contributed by atoms with van der Waals surface area (Å²) >= 11 is 3.27. The number of sulfonamides is 1. The Hall–Kier alpha value is -2.32. The number of ether oxygens (including phenoxy) is 1. The van der Waals surface area contributed by atoms with Gasteiger partial charge in [0.05, 0.1) is 12.0 Å². The van der Waals surface area contributed by atoms with Gasteiger partial charge in [0.15, 0.2) is 0 Å². The van der Waals surface area contributed by atoms with Crippen molar-refractivity contribution >= 4 is 42.6 Å². The first-order chi connectivity index (χ1) is 11.4. The van der Waals surface area contributed by atoms with E-state index in [4.69, 9.17) is 9.15 Å². The molecule has 0 saturated heterocycles. The van der Waals surface area contributed by atoms with Gasteiger partial charge in [-0.05, 0) is 46.3 Å². The standard InChI is InChI=1S/C16H12BrNO5S/c1-22-11-3-2-4-12(8-11)24(20,21)18-10-5-6-15-13(7-10)14(17)9-16(19)23-15/h2-9,18H,1H3. The van der Waals surface area contributed by atoms with Crippen molar-refractivity contribution in [2.75, 3.05) is 11.8 Å². The number of hydrogen-bond donors (Lipinski definition) is 1. The zero-order valence-electron chi connectivity index (χ0n) is 12.4. The number of halogens is 1. The molecule has 0 amide bonds. The van der Waals surface area contributed by atoms with Gasteiger partial charge in [-0.2, -0.15) is 0 Å². The lowest BCUT2D eigenvalue weighted by Gasteiger charge is -2.10. The maximum absolute atomic E-state index is 12.5. The van der Waals surface area contributed by atoms with E-state index in [9.17, 15) is 13.2 Å².